The summed E-state index contributed by atoms with van der Waals surface area (Å²) in [7, 11) is 3.07. The minimum atomic E-state index is -0.126. The van der Waals surface area contributed by atoms with Gasteiger partial charge >= 0.3 is 0 Å². The molecule has 0 aromatic heterocycles. The first-order valence-electron chi connectivity index (χ1n) is 4.81. The van der Waals surface area contributed by atoms with Gasteiger partial charge in [-0.3, -0.25) is 9.63 Å². The third-order valence-corrected chi connectivity index (χ3v) is 2.36. The van der Waals surface area contributed by atoms with E-state index in [4.69, 9.17) is 9.57 Å². The predicted octanol–water partition coefficient (Wildman–Crippen LogP) is 0.989. The van der Waals surface area contributed by atoms with Gasteiger partial charge in [0.15, 0.2) is 0 Å². The second kappa shape index (κ2) is 5.78. The Balaban J connectivity index is 2.34. The van der Waals surface area contributed by atoms with Gasteiger partial charge < -0.3 is 4.74 Å². The summed E-state index contributed by atoms with van der Waals surface area (Å²) in [6.45, 7) is 1.59. The van der Waals surface area contributed by atoms with Gasteiger partial charge in [0, 0.05) is 26.3 Å². The standard InChI is InChI=1S/C10H17NO3/c1-11(13-2)10(12)4-3-9-5-7-14-8-6-9/h3-4,9H,5-8H2,1-2H3. The lowest BCUT2D eigenvalue weighted by molar-refractivity contribution is -0.162. The molecule has 4 nitrogen and oxygen atoms in total. The molecule has 1 aliphatic heterocycles. The van der Waals surface area contributed by atoms with E-state index in [1.165, 1.54) is 12.2 Å². The summed E-state index contributed by atoms with van der Waals surface area (Å²) in [6, 6.07) is 0. The summed E-state index contributed by atoms with van der Waals surface area (Å²) in [4.78, 5) is 16.1. The second-order valence-electron chi connectivity index (χ2n) is 3.33. The maximum Gasteiger partial charge on any atom is 0.269 e. The van der Waals surface area contributed by atoms with Crippen LogP contribution in [0.25, 0.3) is 0 Å². The van der Waals surface area contributed by atoms with Crippen LogP contribution in [0.3, 0.4) is 0 Å². The number of ether oxygens (including phenoxy) is 1. The first kappa shape index (κ1) is 11.2. The minimum Gasteiger partial charge on any atom is -0.381 e. The fourth-order valence-electron chi connectivity index (χ4n) is 1.32. The van der Waals surface area contributed by atoms with Crippen LogP contribution in [0, 0.1) is 5.92 Å². The van der Waals surface area contributed by atoms with Gasteiger partial charge in [-0.1, -0.05) is 6.08 Å². The predicted molar refractivity (Wildman–Crippen MR) is 52.5 cm³/mol. The molecule has 0 aromatic rings. The molecule has 0 unspecified atom stereocenters. The van der Waals surface area contributed by atoms with Crippen molar-refractivity contribution >= 4 is 5.91 Å². The Morgan fingerprint density at radius 1 is 1.50 bits per heavy atom. The van der Waals surface area contributed by atoms with Gasteiger partial charge in [0.1, 0.15) is 0 Å². The molecule has 1 aliphatic rings. The summed E-state index contributed by atoms with van der Waals surface area (Å²) in [5.41, 5.74) is 0. The van der Waals surface area contributed by atoms with E-state index in [0.29, 0.717) is 5.92 Å². The minimum absolute atomic E-state index is 0.126. The van der Waals surface area contributed by atoms with E-state index in [0.717, 1.165) is 26.1 Å². The Bertz CT molecular complexity index is 209. The van der Waals surface area contributed by atoms with Crippen molar-refractivity contribution in [1.29, 1.82) is 0 Å². The SMILES string of the molecule is CON(C)C(=O)C=CC1CCOCC1. The van der Waals surface area contributed by atoms with Crippen molar-refractivity contribution in [2.24, 2.45) is 5.92 Å². The Kier molecular flexibility index (Phi) is 4.62. The molecule has 0 bridgehead atoms. The molecular formula is C10H17NO3. The zero-order chi connectivity index (χ0) is 10.4. The molecule has 1 saturated heterocycles. The van der Waals surface area contributed by atoms with Crippen LogP contribution >= 0.6 is 0 Å². The molecule has 0 N–H and O–H groups in total. The number of hydrogen-bond donors (Lipinski definition) is 0. The Hall–Kier alpha value is -0.870. The van der Waals surface area contributed by atoms with Crippen molar-refractivity contribution in [3.05, 3.63) is 12.2 Å². The maximum atomic E-state index is 11.3. The monoisotopic (exact) mass is 199 g/mol. The average molecular weight is 199 g/mol. The van der Waals surface area contributed by atoms with Crippen molar-refractivity contribution in [2.75, 3.05) is 27.4 Å². The zero-order valence-electron chi connectivity index (χ0n) is 8.73. The quantitative estimate of drug-likeness (QED) is 0.502. The van der Waals surface area contributed by atoms with Crippen molar-refractivity contribution < 1.29 is 14.4 Å². The zero-order valence-corrected chi connectivity index (χ0v) is 8.73. The molecule has 80 valence electrons. The summed E-state index contributed by atoms with van der Waals surface area (Å²) < 4.78 is 5.22. The van der Waals surface area contributed by atoms with Gasteiger partial charge in [-0.05, 0) is 18.8 Å². The second-order valence-corrected chi connectivity index (χ2v) is 3.33. The fourth-order valence-corrected chi connectivity index (χ4v) is 1.32. The molecule has 14 heavy (non-hydrogen) atoms. The summed E-state index contributed by atoms with van der Waals surface area (Å²) in [5.74, 6) is 0.344. The number of carbonyl (C=O) groups excluding carboxylic acids is 1. The first-order chi connectivity index (χ1) is 6.74. The van der Waals surface area contributed by atoms with Crippen molar-refractivity contribution in [3.8, 4) is 0 Å². The highest BCUT2D eigenvalue weighted by atomic mass is 16.7. The lowest BCUT2D eigenvalue weighted by atomic mass is 10.00. The normalized spacial score (nSPS) is 18.7. The smallest absolute Gasteiger partial charge is 0.269 e. The van der Waals surface area contributed by atoms with Gasteiger partial charge in [0.05, 0.1) is 7.11 Å². The van der Waals surface area contributed by atoms with Crippen molar-refractivity contribution in [1.82, 2.24) is 5.06 Å². The molecule has 1 fully saturated rings. The number of nitrogens with zero attached hydrogens (tertiary/aromatic N) is 1. The first-order valence-corrected chi connectivity index (χ1v) is 4.81. The molecule has 0 atom stereocenters. The third-order valence-electron chi connectivity index (χ3n) is 2.36. The molecule has 0 aliphatic carbocycles. The molecule has 0 spiro atoms. The lowest BCUT2D eigenvalue weighted by Crippen LogP contribution is -2.23. The van der Waals surface area contributed by atoms with Crippen molar-refractivity contribution in [2.45, 2.75) is 12.8 Å². The van der Waals surface area contributed by atoms with Crippen LogP contribution in [0.4, 0.5) is 0 Å². The van der Waals surface area contributed by atoms with Crippen LogP contribution in [-0.2, 0) is 14.4 Å². The molecule has 1 amide bonds. The molecular weight excluding hydrogens is 182 g/mol. The van der Waals surface area contributed by atoms with Crippen LogP contribution < -0.4 is 0 Å². The maximum absolute atomic E-state index is 11.3. The van der Waals surface area contributed by atoms with E-state index in [1.807, 2.05) is 6.08 Å². The Morgan fingerprint density at radius 3 is 2.71 bits per heavy atom. The topological polar surface area (TPSA) is 38.8 Å². The van der Waals surface area contributed by atoms with Crippen molar-refractivity contribution in [3.63, 3.8) is 0 Å². The van der Waals surface area contributed by atoms with Gasteiger partial charge in [-0.25, -0.2) is 5.06 Å². The Labute approximate surface area is 84.4 Å². The number of amides is 1. The Morgan fingerprint density at radius 2 is 2.14 bits per heavy atom. The molecule has 0 radical (unpaired) electrons. The number of allylic oxidation sites excluding steroid dienone is 1. The van der Waals surface area contributed by atoms with Crippen LogP contribution in [0.5, 0.6) is 0 Å². The van der Waals surface area contributed by atoms with Crippen LogP contribution in [0.2, 0.25) is 0 Å². The van der Waals surface area contributed by atoms with E-state index < -0.39 is 0 Å². The largest absolute Gasteiger partial charge is 0.381 e. The number of hydrogen-bond acceptors (Lipinski definition) is 3. The van der Waals surface area contributed by atoms with E-state index in [2.05, 4.69) is 0 Å². The number of carbonyl (C=O) groups is 1. The summed E-state index contributed by atoms with van der Waals surface area (Å²) in [5, 5.41) is 1.20. The lowest BCUT2D eigenvalue weighted by Gasteiger charge is -2.18. The van der Waals surface area contributed by atoms with Gasteiger partial charge in [0.25, 0.3) is 5.91 Å². The van der Waals surface area contributed by atoms with Crippen LogP contribution in [0.1, 0.15) is 12.8 Å². The molecule has 0 aromatic carbocycles. The average Bonchev–Trinajstić information content (AvgIpc) is 2.26. The van der Waals surface area contributed by atoms with Gasteiger partial charge in [-0.15, -0.1) is 0 Å². The fraction of sp³-hybridized carbons (Fsp3) is 0.700. The van der Waals surface area contributed by atoms with E-state index in [-0.39, 0.29) is 5.91 Å². The third kappa shape index (κ3) is 3.47. The number of likely N-dealkylation sites (N-methyl/N-ethyl adjacent to an activating group) is 1. The highest BCUT2D eigenvalue weighted by Crippen LogP contribution is 2.15. The van der Waals surface area contributed by atoms with Gasteiger partial charge in [-0.2, -0.15) is 0 Å². The van der Waals surface area contributed by atoms with E-state index >= 15 is 0 Å². The molecule has 4 heteroatoms. The van der Waals surface area contributed by atoms with E-state index in [9.17, 15) is 4.79 Å². The molecule has 1 heterocycles. The molecule has 1 rings (SSSR count). The highest BCUT2D eigenvalue weighted by Gasteiger charge is 2.11. The number of hydroxylamine groups is 2. The number of rotatable bonds is 3. The highest BCUT2D eigenvalue weighted by molar-refractivity contribution is 5.86. The van der Waals surface area contributed by atoms with Gasteiger partial charge in [0.2, 0.25) is 0 Å². The van der Waals surface area contributed by atoms with Crippen LogP contribution in [0.15, 0.2) is 12.2 Å². The van der Waals surface area contributed by atoms with E-state index in [1.54, 1.807) is 13.1 Å². The summed E-state index contributed by atoms with van der Waals surface area (Å²) in [6.07, 6.45) is 5.51. The summed E-state index contributed by atoms with van der Waals surface area (Å²) >= 11 is 0. The molecule has 0 saturated carbocycles. The van der Waals surface area contributed by atoms with Crippen LogP contribution in [-0.4, -0.2) is 38.3 Å².